The number of anilines is 1. The van der Waals surface area contributed by atoms with Crippen molar-refractivity contribution in [3.8, 4) is 11.4 Å². The molecule has 1 saturated heterocycles. The van der Waals surface area contributed by atoms with Gasteiger partial charge in [0.05, 0.1) is 23.9 Å². The van der Waals surface area contributed by atoms with Gasteiger partial charge in [0.25, 0.3) is 0 Å². The van der Waals surface area contributed by atoms with Crippen molar-refractivity contribution in [2.75, 3.05) is 18.0 Å². The number of aromatic nitrogens is 6. The van der Waals surface area contributed by atoms with E-state index in [0.29, 0.717) is 5.92 Å². The summed E-state index contributed by atoms with van der Waals surface area (Å²) in [4.78, 5) is 24.5. The van der Waals surface area contributed by atoms with Crippen LogP contribution in [0, 0.1) is 12.8 Å². The predicted octanol–water partition coefficient (Wildman–Crippen LogP) is 2.43. The van der Waals surface area contributed by atoms with Crippen LogP contribution < -0.4 is 4.90 Å². The SMILES string of the molecule is Cc1cc(N2CCCC(Cc3nccnc3-c3cncn3C)C2)ncn1. The summed E-state index contributed by atoms with van der Waals surface area (Å²) >= 11 is 0. The third kappa shape index (κ3) is 3.42. The normalized spacial score (nSPS) is 17.5. The van der Waals surface area contributed by atoms with Crippen molar-refractivity contribution in [2.45, 2.75) is 26.2 Å². The van der Waals surface area contributed by atoms with Gasteiger partial charge in [-0.1, -0.05) is 0 Å². The summed E-state index contributed by atoms with van der Waals surface area (Å²) in [6, 6.07) is 2.06. The Morgan fingerprint density at radius 2 is 2.04 bits per heavy atom. The highest BCUT2D eigenvalue weighted by Gasteiger charge is 2.23. The van der Waals surface area contributed by atoms with Crippen molar-refractivity contribution >= 4 is 5.82 Å². The Bertz CT molecular complexity index is 889. The van der Waals surface area contributed by atoms with Gasteiger partial charge in [0.1, 0.15) is 17.8 Å². The highest BCUT2D eigenvalue weighted by atomic mass is 15.2. The van der Waals surface area contributed by atoms with Crippen molar-refractivity contribution < 1.29 is 0 Å². The molecule has 0 amide bonds. The molecular weight excluding hydrogens is 326 g/mol. The third-order valence-corrected chi connectivity index (χ3v) is 4.95. The highest BCUT2D eigenvalue weighted by molar-refractivity contribution is 5.56. The van der Waals surface area contributed by atoms with Crippen LogP contribution in [0.2, 0.25) is 0 Å². The van der Waals surface area contributed by atoms with Crippen molar-refractivity contribution in [2.24, 2.45) is 13.0 Å². The van der Waals surface area contributed by atoms with Gasteiger partial charge in [0, 0.05) is 44.3 Å². The van der Waals surface area contributed by atoms with E-state index in [4.69, 9.17) is 0 Å². The van der Waals surface area contributed by atoms with Crippen LogP contribution in [-0.4, -0.2) is 42.6 Å². The summed E-state index contributed by atoms with van der Waals surface area (Å²) in [5.74, 6) is 1.55. The minimum absolute atomic E-state index is 0.530. The number of hydrogen-bond acceptors (Lipinski definition) is 6. The summed E-state index contributed by atoms with van der Waals surface area (Å²) < 4.78 is 1.99. The quantitative estimate of drug-likeness (QED) is 0.720. The average Bonchev–Trinajstić information content (AvgIpc) is 3.08. The molecule has 7 heteroatoms. The molecule has 1 fully saturated rings. The van der Waals surface area contributed by atoms with E-state index in [9.17, 15) is 0 Å². The first-order chi connectivity index (χ1) is 12.7. The first-order valence-electron chi connectivity index (χ1n) is 9.01. The molecule has 1 aliphatic rings. The van der Waals surface area contributed by atoms with E-state index in [1.54, 1.807) is 25.0 Å². The Balaban J connectivity index is 1.54. The molecule has 4 heterocycles. The molecule has 134 valence electrons. The fourth-order valence-electron chi connectivity index (χ4n) is 3.64. The Labute approximate surface area is 153 Å². The maximum Gasteiger partial charge on any atom is 0.132 e. The number of nitrogens with zero attached hydrogens (tertiary/aromatic N) is 7. The van der Waals surface area contributed by atoms with E-state index in [1.807, 2.05) is 24.7 Å². The van der Waals surface area contributed by atoms with Gasteiger partial charge < -0.3 is 9.47 Å². The molecule has 3 aromatic rings. The molecule has 26 heavy (non-hydrogen) atoms. The Morgan fingerprint density at radius 1 is 1.15 bits per heavy atom. The lowest BCUT2D eigenvalue weighted by Gasteiger charge is -2.33. The monoisotopic (exact) mass is 349 g/mol. The zero-order valence-electron chi connectivity index (χ0n) is 15.2. The predicted molar refractivity (Wildman–Crippen MR) is 99.6 cm³/mol. The zero-order valence-corrected chi connectivity index (χ0v) is 15.2. The molecule has 7 nitrogen and oxygen atoms in total. The fourth-order valence-corrected chi connectivity index (χ4v) is 3.64. The number of hydrogen-bond donors (Lipinski definition) is 0. The lowest BCUT2D eigenvalue weighted by molar-refractivity contribution is 0.408. The van der Waals surface area contributed by atoms with E-state index < -0.39 is 0 Å². The maximum absolute atomic E-state index is 4.63. The molecule has 1 unspecified atom stereocenters. The topological polar surface area (TPSA) is 72.6 Å². The minimum atomic E-state index is 0.530. The molecule has 0 bridgehead atoms. The van der Waals surface area contributed by atoms with Crippen molar-refractivity contribution in [1.29, 1.82) is 0 Å². The van der Waals surface area contributed by atoms with E-state index in [2.05, 4.69) is 35.9 Å². The van der Waals surface area contributed by atoms with Gasteiger partial charge in [0.15, 0.2) is 0 Å². The number of rotatable bonds is 4. The Kier molecular flexibility index (Phi) is 4.60. The van der Waals surface area contributed by atoms with Gasteiger partial charge in [0.2, 0.25) is 0 Å². The number of aryl methyl sites for hydroxylation is 2. The lowest BCUT2D eigenvalue weighted by Crippen LogP contribution is -2.37. The molecular formula is C19H23N7. The van der Waals surface area contributed by atoms with Crippen LogP contribution in [0.5, 0.6) is 0 Å². The van der Waals surface area contributed by atoms with E-state index in [-0.39, 0.29) is 0 Å². The van der Waals surface area contributed by atoms with Crippen LogP contribution in [0.3, 0.4) is 0 Å². The van der Waals surface area contributed by atoms with E-state index in [0.717, 1.165) is 54.5 Å². The lowest BCUT2D eigenvalue weighted by atomic mass is 9.92. The van der Waals surface area contributed by atoms with Gasteiger partial charge in [-0.15, -0.1) is 0 Å². The summed E-state index contributed by atoms with van der Waals surface area (Å²) in [6.07, 6.45) is 12.1. The van der Waals surface area contributed by atoms with Crippen LogP contribution in [0.25, 0.3) is 11.4 Å². The first kappa shape index (κ1) is 16.6. The van der Waals surface area contributed by atoms with Gasteiger partial charge in [-0.3, -0.25) is 9.97 Å². The third-order valence-electron chi connectivity index (χ3n) is 4.95. The van der Waals surface area contributed by atoms with Gasteiger partial charge in [-0.25, -0.2) is 15.0 Å². The highest BCUT2D eigenvalue weighted by Crippen LogP contribution is 2.27. The van der Waals surface area contributed by atoms with Crippen molar-refractivity contribution in [1.82, 2.24) is 29.5 Å². The van der Waals surface area contributed by atoms with Crippen molar-refractivity contribution in [3.63, 3.8) is 0 Å². The molecule has 0 spiro atoms. The minimum Gasteiger partial charge on any atom is -0.356 e. The van der Waals surface area contributed by atoms with Crippen molar-refractivity contribution in [3.05, 3.63) is 48.7 Å². The second-order valence-corrected chi connectivity index (χ2v) is 6.92. The van der Waals surface area contributed by atoms with Gasteiger partial charge in [-0.05, 0) is 32.1 Å². The summed E-state index contributed by atoms with van der Waals surface area (Å²) in [6.45, 7) is 4.03. The van der Waals surface area contributed by atoms with Gasteiger partial charge in [-0.2, -0.15) is 0 Å². The van der Waals surface area contributed by atoms with E-state index in [1.165, 1.54) is 6.42 Å². The molecule has 0 N–H and O–H groups in total. The molecule has 1 atom stereocenters. The second kappa shape index (κ2) is 7.19. The molecule has 0 aliphatic carbocycles. The zero-order chi connectivity index (χ0) is 17.9. The maximum atomic E-state index is 4.63. The van der Waals surface area contributed by atoms with Crippen LogP contribution >= 0.6 is 0 Å². The second-order valence-electron chi connectivity index (χ2n) is 6.92. The molecule has 4 rings (SSSR count). The summed E-state index contributed by atoms with van der Waals surface area (Å²) in [5.41, 5.74) is 3.99. The Hall–Kier alpha value is -2.83. The fraction of sp³-hybridized carbons (Fsp3) is 0.421. The largest absolute Gasteiger partial charge is 0.356 e. The molecule has 1 aliphatic heterocycles. The molecule has 0 aromatic carbocycles. The first-order valence-corrected chi connectivity index (χ1v) is 9.01. The summed E-state index contributed by atoms with van der Waals surface area (Å²) in [7, 11) is 1.99. The number of piperidine rings is 1. The molecule has 0 saturated carbocycles. The van der Waals surface area contributed by atoms with Crippen LogP contribution in [-0.2, 0) is 13.5 Å². The average molecular weight is 349 g/mol. The summed E-state index contributed by atoms with van der Waals surface area (Å²) in [5, 5.41) is 0. The van der Waals surface area contributed by atoms with Crippen LogP contribution in [0.15, 0.2) is 37.3 Å². The van der Waals surface area contributed by atoms with Gasteiger partial charge >= 0.3 is 0 Å². The molecule has 3 aromatic heterocycles. The number of imidazole rings is 1. The Morgan fingerprint density at radius 3 is 2.85 bits per heavy atom. The standard InChI is InChI=1S/C19H23N7/c1-14-8-18(24-12-23-14)26-7-3-4-15(11-26)9-16-19(22-6-5-21-16)17-10-20-13-25(17)2/h5-6,8,10,12-13,15H,3-4,7,9,11H2,1-2H3. The van der Waals surface area contributed by atoms with Crippen LogP contribution in [0.4, 0.5) is 5.82 Å². The van der Waals surface area contributed by atoms with Crippen LogP contribution in [0.1, 0.15) is 24.2 Å². The smallest absolute Gasteiger partial charge is 0.132 e. The molecule has 0 radical (unpaired) electrons. The van der Waals surface area contributed by atoms with E-state index >= 15 is 0 Å².